The lowest BCUT2D eigenvalue weighted by Crippen LogP contribution is -1.97. The minimum absolute atomic E-state index is 0.348. The molecule has 0 aliphatic heterocycles. The van der Waals surface area contributed by atoms with Gasteiger partial charge in [-0.05, 0) is 26.7 Å². The fourth-order valence-corrected chi connectivity index (χ4v) is 3.15. The third-order valence-electron chi connectivity index (χ3n) is 3.37. The Labute approximate surface area is 114 Å². The third-order valence-corrected chi connectivity index (χ3v) is 4.42. The van der Waals surface area contributed by atoms with Crippen molar-refractivity contribution in [1.29, 1.82) is 0 Å². The Morgan fingerprint density at radius 2 is 2.21 bits per heavy atom. The van der Waals surface area contributed by atoms with Crippen molar-refractivity contribution < 1.29 is 14.4 Å². The van der Waals surface area contributed by atoms with E-state index in [1.165, 1.54) is 11.3 Å². The zero-order valence-electron chi connectivity index (χ0n) is 10.8. The molecule has 0 unspecified atom stereocenters. The molecule has 1 saturated carbocycles. The lowest BCUT2D eigenvalue weighted by Gasteiger charge is -1.95. The second-order valence-corrected chi connectivity index (χ2v) is 5.96. The molecule has 3 rings (SSSR count). The first kappa shape index (κ1) is 12.3. The molecule has 0 aromatic carbocycles. The number of carboxylic acids is 1. The minimum Gasteiger partial charge on any atom is -0.477 e. The number of thiazole rings is 1. The zero-order chi connectivity index (χ0) is 13.6. The first-order chi connectivity index (χ1) is 9.06. The van der Waals surface area contributed by atoms with E-state index in [1.54, 1.807) is 0 Å². The maximum atomic E-state index is 11.2. The molecule has 2 aromatic heterocycles. The number of carboxylic acid groups (broad SMARTS) is 1. The van der Waals surface area contributed by atoms with E-state index in [9.17, 15) is 9.90 Å². The molecule has 0 radical (unpaired) electrons. The molecule has 0 amide bonds. The number of rotatable bonds is 4. The molecule has 1 aliphatic carbocycles. The number of hydrogen-bond donors (Lipinski definition) is 1. The third kappa shape index (κ3) is 2.28. The largest absolute Gasteiger partial charge is 0.477 e. The van der Waals surface area contributed by atoms with Crippen molar-refractivity contribution >= 4 is 17.3 Å². The van der Waals surface area contributed by atoms with Crippen molar-refractivity contribution in [2.24, 2.45) is 0 Å². The number of aromatic carboxylic acids is 1. The van der Waals surface area contributed by atoms with Crippen LogP contribution in [0.3, 0.4) is 0 Å². The molecule has 1 N–H and O–H groups in total. The van der Waals surface area contributed by atoms with Crippen LogP contribution in [0.5, 0.6) is 0 Å². The quantitative estimate of drug-likeness (QED) is 0.930. The number of aromatic nitrogens is 2. The van der Waals surface area contributed by atoms with E-state index < -0.39 is 5.97 Å². The fraction of sp³-hybridized carbons (Fsp3) is 0.462. The number of nitrogens with zero attached hydrogens (tertiary/aromatic N) is 2. The van der Waals surface area contributed by atoms with Crippen molar-refractivity contribution in [2.75, 3.05) is 0 Å². The molecule has 1 fully saturated rings. The first-order valence-corrected chi connectivity index (χ1v) is 7.02. The van der Waals surface area contributed by atoms with Gasteiger partial charge in [0.2, 0.25) is 0 Å². The summed E-state index contributed by atoms with van der Waals surface area (Å²) in [7, 11) is 0. The van der Waals surface area contributed by atoms with Gasteiger partial charge in [0.15, 0.2) is 0 Å². The number of carbonyl (C=O) groups is 1. The summed E-state index contributed by atoms with van der Waals surface area (Å²) in [5.41, 5.74) is 2.62. The SMILES string of the molecule is Cc1noc(C)c1Cc1nc(C2CC2)c(C(=O)O)s1. The van der Waals surface area contributed by atoms with Crippen molar-refractivity contribution in [1.82, 2.24) is 10.1 Å². The van der Waals surface area contributed by atoms with Gasteiger partial charge in [0, 0.05) is 17.9 Å². The van der Waals surface area contributed by atoms with E-state index in [0.29, 0.717) is 17.2 Å². The van der Waals surface area contributed by atoms with Gasteiger partial charge in [-0.1, -0.05) is 5.16 Å². The lowest BCUT2D eigenvalue weighted by molar-refractivity contribution is 0.0700. The normalized spacial score (nSPS) is 14.8. The second-order valence-electron chi connectivity index (χ2n) is 4.88. The highest BCUT2D eigenvalue weighted by molar-refractivity contribution is 7.13. The van der Waals surface area contributed by atoms with Crippen molar-refractivity contribution in [3.8, 4) is 0 Å². The number of hydrogen-bond acceptors (Lipinski definition) is 5. The van der Waals surface area contributed by atoms with Crippen LogP contribution in [-0.2, 0) is 6.42 Å². The molecule has 0 saturated heterocycles. The molecule has 2 heterocycles. The van der Waals surface area contributed by atoms with Crippen molar-refractivity contribution in [3.63, 3.8) is 0 Å². The highest BCUT2D eigenvalue weighted by atomic mass is 32.1. The van der Waals surface area contributed by atoms with E-state index in [2.05, 4.69) is 10.1 Å². The summed E-state index contributed by atoms with van der Waals surface area (Å²) in [6.45, 7) is 3.75. The summed E-state index contributed by atoms with van der Waals surface area (Å²) in [4.78, 5) is 16.2. The van der Waals surface area contributed by atoms with Gasteiger partial charge in [0.1, 0.15) is 10.6 Å². The van der Waals surface area contributed by atoms with Gasteiger partial charge in [-0.15, -0.1) is 11.3 Å². The van der Waals surface area contributed by atoms with Crippen LogP contribution in [-0.4, -0.2) is 21.2 Å². The smallest absolute Gasteiger partial charge is 0.347 e. The average Bonchev–Trinajstić information content (AvgIpc) is 3.05. The van der Waals surface area contributed by atoms with Gasteiger partial charge in [-0.3, -0.25) is 0 Å². The van der Waals surface area contributed by atoms with Gasteiger partial charge in [-0.2, -0.15) is 0 Å². The Balaban J connectivity index is 1.93. The van der Waals surface area contributed by atoms with E-state index in [0.717, 1.165) is 40.6 Å². The molecule has 0 bridgehead atoms. The summed E-state index contributed by atoms with van der Waals surface area (Å²) >= 11 is 1.27. The molecule has 100 valence electrons. The molecule has 19 heavy (non-hydrogen) atoms. The lowest BCUT2D eigenvalue weighted by atomic mass is 10.1. The van der Waals surface area contributed by atoms with Crippen LogP contribution < -0.4 is 0 Å². The van der Waals surface area contributed by atoms with Crippen LogP contribution in [0, 0.1) is 13.8 Å². The Bertz CT molecular complexity index is 621. The summed E-state index contributed by atoms with van der Waals surface area (Å²) in [5, 5.41) is 14.0. The van der Waals surface area contributed by atoms with Gasteiger partial charge < -0.3 is 9.63 Å². The zero-order valence-corrected chi connectivity index (χ0v) is 11.6. The standard InChI is InChI=1S/C13H14N2O3S/c1-6-9(7(2)18-15-6)5-10-14-11(8-3-4-8)12(19-10)13(16)17/h8H,3-5H2,1-2H3,(H,16,17). The van der Waals surface area contributed by atoms with Crippen molar-refractivity contribution in [3.05, 3.63) is 32.6 Å². The topological polar surface area (TPSA) is 76.2 Å². The average molecular weight is 278 g/mol. The van der Waals surface area contributed by atoms with Gasteiger partial charge in [0.05, 0.1) is 16.4 Å². The summed E-state index contributed by atoms with van der Waals surface area (Å²) in [6.07, 6.45) is 2.70. The molecule has 5 nitrogen and oxygen atoms in total. The molecule has 1 aliphatic rings. The summed E-state index contributed by atoms with van der Waals surface area (Å²) in [5.74, 6) is 0.253. The molecular weight excluding hydrogens is 264 g/mol. The molecule has 6 heteroatoms. The summed E-state index contributed by atoms with van der Waals surface area (Å²) < 4.78 is 5.12. The Hall–Kier alpha value is -1.69. The maximum Gasteiger partial charge on any atom is 0.347 e. The Morgan fingerprint density at radius 1 is 1.47 bits per heavy atom. The van der Waals surface area contributed by atoms with Crippen molar-refractivity contribution in [2.45, 2.75) is 39.0 Å². The molecule has 0 atom stereocenters. The van der Waals surface area contributed by atoms with E-state index >= 15 is 0 Å². The van der Waals surface area contributed by atoms with Crippen LogP contribution in [0.1, 0.15) is 56.2 Å². The van der Waals surface area contributed by atoms with Gasteiger partial charge in [-0.25, -0.2) is 9.78 Å². The van der Waals surface area contributed by atoms with E-state index in [-0.39, 0.29) is 0 Å². The predicted molar refractivity (Wildman–Crippen MR) is 69.8 cm³/mol. The number of aryl methyl sites for hydroxylation is 2. The highest BCUT2D eigenvalue weighted by Crippen LogP contribution is 2.43. The molecule has 2 aromatic rings. The van der Waals surface area contributed by atoms with Crippen LogP contribution in [0.2, 0.25) is 0 Å². The molecular formula is C13H14N2O3S. The first-order valence-electron chi connectivity index (χ1n) is 6.21. The minimum atomic E-state index is -0.871. The Kier molecular flexibility index (Phi) is 2.89. The Morgan fingerprint density at radius 3 is 2.74 bits per heavy atom. The molecule has 0 spiro atoms. The summed E-state index contributed by atoms with van der Waals surface area (Å²) in [6, 6.07) is 0. The van der Waals surface area contributed by atoms with Crippen LogP contribution in [0.4, 0.5) is 0 Å². The van der Waals surface area contributed by atoms with E-state index in [4.69, 9.17) is 4.52 Å². The highest BCUT2D eigenvalue weighted by Gasteiger charge is 2.32. The van der Waals surface area contributed by atoms with E-state index in [1.807, 2.05) is 13.8 Å². The fourth-order valence-electron chi connectivity index (χ4n) is 2.15. The maximum absolute atomic E-state index is 11.2. The predicted octanol–water partition coefficient (Wildman–Crippen LogP) is 2.91. The van der Waals surface area contributed by atoms with Crippen LogP contribution in [0.15, 0.2) is 4.52 Å². The van der Waals surface area contributed by atoms with Gasteiger partial charge >= 0.3 is 5.97 Å². The van der Waals surface area contributed by atoms with Gasteiger partial charge in [0.25, 0.3) is 0 Å². The van der Waals surface area contributed by atoms with Crippen LogP contribution in [0.25, 0.3) is 0 Å². The van der Waals surface area contributed by atoms with Crippen LogP contribution >= 0.6 is 11.3 Å². The monoisotopic (exact) mass is 278 g/mol. The second kappa shape index (κ2) is 4.45.